The Kier molecular flexibility index (Phi) is 4.21. The second-order valence-corrected chi connectivity index (χ2v) is 5.07. The number of rotatable bonds is 4. The van der Waals surface area contributed by atoms with E-state index < -0.39 is 0 Å². The predicted octanol–water partition coefficient (Wildman–Crippen LogP) is 2.62. The molecule has 0 bridgehead atoms. The van der Waals surface area contributed by atoms with Gasteiger partial charge in [-0.2, -0.15) is 15.0 Å². The Balaban J connectivity index is 2.29. The van der Waals surface area contributed by atoms with Crippen molar-refractivity contribution in [1.29, 1.82) is 0 Å². The maximum Gasteiger partial charge on any atom is 0.322 e. The molecule has 0 saturated heterocycles. The third kappa shape index (κ3) is 3.57. The van der Waals surface area contributed by atoms with Crippen LogP contribution in [-0.2, 0) is 0 Å². The zero-order valence-electron chi connectivity index (χ0n) is 11.2. The summed E-state index contributed by atoms with van der Waals surface area (Å²) in [5.41, 5.74) is 8.02. The summed E-state index contributed by atoms with van der Waals surface area (Å²) in [7, 11) is 0. The van der Waals surface area contributed by atoms with Crippen molar-refractivity contribution in [2.45, 2.75) is 30.8 Å². The van der Waals surface area contributed by atoms with E-state index in [2.05, 4.69) is 47.0 Å². The van der Waals surface area contributed by atoms with Crippen molar-refractivity contribution in [3.8, 4) is 6.01 Å². The summed E-state index contributed by atoms with van der Waals surface area (Å²) in [5, 5.41) is 0.546. The van der Waals surface area contributed by atoms with Crippen molar-refractivity contribution in [2.24, 2.45) is 0 Å². The number of ether oxygens (including phenoxy) is 1. The largest absolute Gasteiger partial charge is 0.464 e. The molecule has 2 rings (SSSR count). The molecule has 0 fully saturated rings. The lowest BCUT2D eigenvalue weighted by Crippen LogP contribution is -2.04. The third-order valence-corrected chi connectivity index (χ3v) is 3.45. The molecule has 0 radical (unpaired) electrons. The fraction of sp³-hybridized carbons (Fsp3) is 0.308. The Morgan fingerprint density at radius 1 is 1.21 bits per heavy atom. The summed E-state index contributed by atoms with van der Waals surface area (Å²) in [6, 6.07) is 6.52. The summed E-state index contributed by atoms with van der Waals surface area (Å²) < 4.78 is 5.26. The minimum Gasteiger partial charge on any atom is -0.464 e. The highest BCUT2D eigenvalue weighted by Gasteiger charge is 2.08. The Morgan fingerprint density at radius 2 is 2.00 bits per heavy atom. The monoisotopic (exact) mass is 276 g/mol. The van der Waals surface area contributed by atoms with Crippen molar-refractivity contribution in [2.75, 3.05) is 12.3 Å². The highest BCUT2D eigenvalue weighted by Crippen LogP contribution is 2.29. The molecule has 6 heteroatoms. The highest BCUT2D eigenvalue weighted by atomic mass is 32.2. The Labute approximate surface area is 116 Å². The van der Waals surface area contributed by atoms with Crippen LogP contribution in [-0.4, -0.2) is 21.6 Å². The van der Waals surface area contributed by atoms with E-state index >= 15 is 0 Å². The third-order valence-electron chi connectivity index (χ3n) is 2.43. The Bertz CT molecular complexity index is 589. The quantitative estimate of drug-likeness (QED) is 0.925. The first-order valence-corrected chi connectivity index (χ1v) is 6.79. The summed E-state index contributed by atoms with van der Waals surface area (Å²) in [6.07, 6.45) is 0. The molecule has 5 nitrogen and oxygen atoms in total. The normalized spacial score (nSPS) is 10.5. The molecule has 0 spiro atoms. The molecule has 0 aliphatic carbocycles. The maximum absolute atomic E-state index is 5.66. The van der Waals surface area contributed by atoms with Crippen molar-refractivity contribution in [3.05, 3.63) is 29.3 Å². The molecule has 100 valence electrons. The van der Waals surface area contributed by atoms with Crippen LogP contribution < -0.4 is 10.5 Å². The van der Waals surface area contributed by atoms with Gasteiger partial charge in [0.1, 0.15) is 0 Å². The zero-order valence-corrected chi connectivity index (χ0v) is 12.0. The molecule has 0 aliphatic rings. The van der Waals surface area contributed by atoms with Gasteiger partial charge in [0.25, 0.3) is 0 Å². The van der Waals surface area contributed by atoms with Gasteiger partial charge in [-0.15, -0.1) is 0 Å². The van der Waals surface area contributed by atoms with Crippen LogP contribution >= 0.6 is 11.8 Å². The number of aromatic nitrogens is 3. The molecular weight excluding hydrogens is 260 g/mol. The smallest absolute Gasteiger partial charge is 0.322 e. The standard InChI is InChI=1S/C13H16N4OS/c1-4-18-12-15-11(14)16-13(17-12)19-10-7-8(2)5-6-9(10)3/h5-7H,4H2,1-3H3,(H2,14,15,16,17). The van der Waals surface area contributed by atoms with E-state index in [0.29, 0.717) is 11.8 Å². The van der Waals surface area contributed by atoms with E-state index in [1.165, 1.54) is 22.9 Å². The fourth-order valence-corrected chi connectivity index (χ4v) is 2.44. The van der Waals surface area contributed by atoms with Gasteiger partial charge in [0.15, 0.2) is 0 Å². The topological polar surface area (TPSA) is 73.9 Å². The average molecular weight is 276 g/mol. The van der Waals surface area contributed by atoms with Gasteiger partial charge < -0.3 is 10.5 Å². The lowest BCUT2D eigenvalue weighted by molar-refractivity contribution is 0.308. The number of nitrogens with two attached hydrogens (primary N) is 1. The van der Waals surface area contributed by atoms with Gasteiger partial charge in [0, 0.05) is 4.90 Å². The highest BCUT2D eigenvalue weighted by molar-refractivity contribution is 7.99. The molecule has 19 heavy (non-hydrogen) atoms. The van der Waals surface area contributed by atoms with Crippen LogP contribution in [0.2, 0.25) is 0 Å². The van der Waals surface area contributed by atoms with Gasteiger partial charge in [-0.3, -0.25) is 0 Å². The van der Waals surface area contributed by atoms with Crippen LogP contribution in [0.25, 0.3) is 0 Å². The number of nitrogen functional groups attached to an aromatic ring is 1. The van der Waals surface area contributed by atoms with Gasteiger partial charge >= 0.3 is 6.01 Å². The van der Waals surface area contributed by atoms with Crippen molar-refractivity contribution in [1.82, 2.24) is 15.0 Å². The predicted molar refractivity (Wildman–Crippen MR) is 75.4 cm³/mol. The molecule has 2 aromatic rings. The second-order valence-electron chi connectivity index (χ2n) is 4.06. The van der Waals surface area contributed by atoms with E-state index in [4.69, 9.17) is 10.5 Å². The van der Waals surface area contributed by atoms with Crippen molar-refractivity contribution in [3.63, 3.8) is 0 Å². The van der Waals surface area contributed by atoms with Crippen LogP contribution in [0.3, 0.4) is 0 Å². The molecule has 2 N–H and O–H groups in total. The Morgan fingerprint density at radius 3 is 2.74 bits per heavy atom. The molecular formula is C13H16N4OS. The lowest BCUT2D eigenvalue weighted by Gasteiger charge is -2.07. The molecule has 0 aliphatic heterocycles. The molecule has 1 aromatic heterocycles. The zero-order chi connectivity index (χ0) is 13.8. The van der Waals surface area contributed by atoms with Crippen LogP contribution in [0, 0.1) is 13.8 Å². The minimum atomic E-state index is 0.172. The van der Waals surface area contributed by atoms with Crippen LogP contribution in [0.5, 0.6) is 6.01 Å². The first-order chi connectivity index (χ1) is 9.08. The van der Waals surface area contributed by atoms with Crippen molar-refractivity contribution >= 4 is 17.7 Å². The number of anilines is 1. The Hall–Kier alpha value is -1.82. The maximum atomic E-state index is 5.66. The molecule has 1 aromatic carbocycles. The van der Waals surface area contributed by atoms with Gasteiger partial charge in [-0.25, -0.2) is 0 Å². The van der Waals surface area contributed by atoms with Gasteiger partial charge in [0.2, 0.25) is 11.1 Å². The van der Waals surface area contributed by atoms with E-state index in [1.54, 1.807) is 0 Å². The van der Waals surface area contributed by atoms with Crippen LogP contribution in [0.15, 0.2) is 28.3 Å². The minimum absolute atomic E-state index is 0.172. The summed E-state index contributed by atoms with van der Waals surface area (Å²) in [5.74, 6) is 0.172. The molecule has 0 atom stereocenters. The van der Waals surface area contributed by atoms with Gasteiger partial charge in [0.05, 0.1) is 6.61 Å². The summed E-state index contributed by atoms with van der Waals surface area (Å²) in [4.78, 5) is 13.4. The lowest BCUT2D eigenvalue weighted by atomic mass is 10.2. The number of nitrogens with zero attached hydrogens (tertiary/aromatic N) is 3. The van der Waals surface area contributed by atoms with E-state index in [1.807, 2.05) is 6.92 Å². The number of benzene rings is 1. The number of hydrogen-bond donors (Lipinski definition) is 1. The van der Waals surface area contributed by atoms with E-state index in [0.717, 1.165) is 4.90 Å². The average Bonchev–Trinajstić information content (AvgIpc) is 2.33. The summed E-state index contributed by atoms with van der Waals surface area (Å²) in [6.45, 7) is 6.47. The van der Waals surface area contributed by atoms with Crippen molar-refractivity contribution < 1.29 is 4.74 Å². The first-order valence-electron chi connectivity index (χ1n) is 5.98. The second kappa shape index (κ2) is 5.88. The SMILES string of the molecule is CCOc1nc(N)nc(Sc2cc(C)ccc2C)n1. The van der Waals surface area contributed by atoms with E-state index in [9.17, 15) is 0 Å². The fourth-order valence-electron chi connectivity index (χ4n) is 1.51. The molecule has 0 saturated carbocycles. The number of hydrogen-bond acceptors (Lipinski definition) is 6. The molecule has 1 heterocycles. The van der Waals surface area contributed by atoms with Crippen LogP contribution in [0.1, 0.15) is 18.1 Å². The first kappa shape index (κ1) is 13.6. The molecule has 0 amide bonds. The van der Waals surface area contributed by atoms with Gasteiger partial charge in [-0.1, -0.05) is 12.1 Å². The summed E-state index contributed by atoms with van der Waals surface area (Å²) >= 11 is 1.46. The number of aryl methyl sites for hydroxylation is 2. The van der Waals surface area contributed by atoms with Crippen LogP contribution in [0.4, 0.5) is 5.95 Å². The van der Waals surface area contributed by atoms with Gasteiger partial charge in [-0.05, 0) is 49.7 Å². The van der Waals surface area contributed by atoms with E-state index in [-0.39, 0.29) is 12.0 Å². The molecule has 0 unspecified atom stereocenters.